The normalized spacial score (nSPS) is 11.8. The highest BCUT2D eigenvalue weighted by Crippen LogP contribution is 2.25. The summed E-state index contributed by atoms with van der Waals surface area (Å²) in [6.07, 6.45) is 1.09. The molecule has 0 N–H and O–H groups in total. The Morgan fingerprint density at radius 1 is 0.909 bits per heavy atom. The lowest BCUT2D eigenvalue weighted by Crippen LogP contribution is -2.08. The quantitative estimate of drug-likeness (QED) is 0.581. The monoisotopic (exact) mass is 289 g/mol. The average Bonchev–Trinajstić information content (AvgIpc) is 2.45. The molecule has 3 rings (SSSR count). The second-order valence-electron chi connectivity index (χ2n) is 7.33. The van der Waals surface area contributed by atoms with Gasteiger partial charge in [-0.2, -0.15) is 0 Å². The molecule has 22 heavy (non-hydrogen) atoms. The Labute approximate surface area is 133 Å². The van der Waals surface area contributed by atoms with E-state index in [1.807, 2.05) is 0 Å². The Kier molecular flexibility index (Phi) is 3.74. The van der Waals surface area contributed by atoms with Gasteiger partial charge in [-0.3, -0.25) is 0 Å². The molecule has 0 bridgehead atoms. The number of rotatable bonds is 2. The third-order valence-corrected chi connectivity index (χ3v) is 3.80. The van der Waals surface area contributed by atoms with Crippen LogP contribution in [0.15, 0.2) is 54.6 Å². The summed E-state index contributed by atoms with van der Waals surface area (Å²) in [5, 5.41) is 1.22. The van der Waals surface area contributed by atoms with Crippen LogP contribution >= 0.6 is 0 Å². The Balaban J connectivity index is 1.99. The van der Waals surface area contributed by atoms with E-state index in [0.717, 1.165) is 17.6 Å². The van der Waals surface area contributed by atoms with E-state index in [1.54, 1.807) is 0 Å². The molecule has 0 saturated heterocycles. The second-order valence-corrected chi connectivity index (χ2v) is 7.33. The van der Waals surface area contributed by atoms with Crippen LogP contribution in [0.1, 0.15) is 31.9 Å². The van der Waals surface area contributed by atoms with Crippen LogP contribution in [0.4, 0.5) is 0 Å². The van der Waals surface area contributed by atoms with Gasteiger partial charge in [-0.25, -0.2) is 4.98 Å². The smallest absolute Gasteiger partial charge is 0.0709 e. The minimum absolute atomic E-state index is 0.308. The number of benzene rings is 2. The minimum Gasteiger partial charge on any atom is -0.248 e. The van der Waals surface area contributed by atoms with Gasteiger partial charge in [0.05, 0.1) is 11.2 Å². The largest absolute Gasteiger partial charge is 0.248 e. The van der Waals surface area contributed by atoms with Gasteiger partial charge in [0.2, 0.25) is 0 Å². The number of hydrogen-bond acceptors (Lipinski definition) is 1. The molecule has 112 valence electrons. The van der Waals surface area contributed by atoms with Gasteiger partial charge in [-0.05, 0) is 48.6 Å². The van der Waals surface area contributed by atoms with Gasteiger partial charge in [0.15, 0.2) is 0 Å². The van der Waals surface area contributed by atoms with Gasteiger partial charge in [0.25, 0.3) is 0 Å². The van der Waals surface area contributed by atoms with Crippen LogP contribution in [0.2, 0.25) is 0 Å². The van der Waals surface area contributed by atoms with Crippen molar-refractivity contribution in [3.05, 3.63) is 65.7 Å². The van der Waals surface area contributed by atoms with Crippen LogP contribution in [0.25, 0.3) is 22.2 Å². The first-order chi connectivity index (χ1) is 10.4. The number of aromatic nitrogens is 1. The first kappa shape index (κ1) is 14.8. The minimum atomic E-state index is 0.308. The average molecular weight is 289 g/mol. The molecule has 0 aliphatic rings. The van der Waals surface area contributed by atoms with E-state index < -0.39 is 0 Å². The Morgan fingerprint density at radius 3 is 2.45 bits per heavy atom. The molecule has 0 saturated carbocycles. The van der Waals surface area contributed by atoms with Crippen LogP contribution in [0.3, 0.4) is 0 Å². The maximum atomic E-state index is 4.82. The van der Waals surface area contributed by atoms with Crippen LogP contribution in [0, 0.1) is 12.3 Å². The molecule has 3 aromatic rings. The highest BCUT2D eigenvalue weighted by Gasteiger charge is 2.11. The highest BCUT2D eigenvalue weighted by molar-refractivity contribution is 5.82. The SMILES string of the molecule is Cc1cccc(-c2ccc3cc(CC(C)(C)C)ccc3n2)c1. The summed E-state index contributed by atoms with van der Waals surface area (Å²) in [7, 11) is 0. The first-order valence-electron chi connectivity index (χ1n) is 7.87. The molecule has 2 aromatic carbocycles. The molecule has 0 aliphatic carbocycles. The van der Waals surface area contributed by atoms with Gasteiger partial charge >= 0.3 is 0 Å². The van der Waals surface area contributed by atoms with E-state index in [4.69, 9.17) is 4.98 Å². The predicted molar refractivity (Wildman–Crippen MR) is 95.1 cm³/mol. The van der Waals surface area contributed by atoms with E-state index >= 15 is 0 Å². The lowest BCUT2D eigenvalue weighted by molar-refractivity contribution is 0.411. The van der Waals surface area contributed by atoms with E-state index in [0.29, 0.717) is 5.41 Å². The predicted octanol–water partition coefficient (Wildman–Crippen LogP) is 5.80. The van der Waals surface area contributed by atoms with E-state index in [9.17, 15) is 0 Å². The number of fused-ring (bicyclic) bond motifs is 1. The van der Waals surface area contributed by atoms with Gasteiger partial charge in [0.1, 0.15) is 0 Å². The summed E-state index contributed by atoms with van der Waals surface area (Å²) < 4.78 is 0. The zero-order valence-electron chi connectivity index (χ0n) is 13.9. The fourth-order valence-corrected chi connectivity index (χ4v) is 2.86. The Morgan fingerprint density at radius 2 is 1.73 bits per heavy atom. The zero-order valence-corrected chi connectivity index (χ0v) is 13.9. The standard InChI is InChI=1S/C21H23N/c1-15-6-5-7-17(12-15)20-11-9-18-13-16(14-21(2,3)4)8-10-19(18)22-20/h5-13H,14H2,1-4H3. The molecule has 0 radical (unpaired) electrons. The Hall–Kier alpha value is -2.15. The molecular formula is C21H23N. The summed E-state index contributed by atoms with van der Waals surface area (Å²) in [6, 6.07) is 19.4. The first-order valence-corrected chi connectivity index (χ1v) is 7.87. The molecule has 0 aliphatic heterocycles. The van der Waals surface area contributed by atoms with Gasteiger partial charge in [0, 0.05) is 10.9 Å². The summed E-state index contributed by atoms with van der Waals surface area (Å²) >= 11 is 0. The maximum Gasteiger partial charge on any atom is 0.0709 e. The van der Waals surface area contributed by atoms with Crippen molar-refractivity contribution in [2.75, 3.05) is 0 Å². The van der Waals surface area contributed by atoms with Crippen molar-refractivity contribution in [1.82, 2.24) is 4.98 Å². The lowest BCUT2D eigenvalue weighted by Gasteiger charge is -2.18. The van der Waals surface area contributed by atoms with Crippen molar-refractivity contribution in [2.45, 2.75) is 34.1 Å². The molecule has 0 atom stereocenters. The van der Waals surface area contributed by atoms with Crippen molar-refractivity contribution in [3.63, 3.8) is 0 Å². The topological polar surface area (TPSA) is 12.9 Å². The molecule has 1 nitrogen and oxygen atoms in total. The van der Waals surface area contributed by atoms with Crippen molar-refractivity contribution in [1.29, 1.82) is 0 Å². The molecule has 0 amide bonds. The second kappa shape index (κ2) is 5.57. The molecule has 0 spiro atoms. The summed E-state index contributed by atoms with van der Waals surface area (Å²) in [6.45, 7) is 8.94. The van der Waals surface area contributed by atoms with Crippen LogP contribution in [0.5, 0.6) is 0 Å². The fraction of sp³-hybridized carbons (Fsp3) is 0.286. The third-order valence-electron chi connectivity index (χ3n) is 3.80. The summed E-state index contributed by atoms with van der Waals surface area (Å²) in [5.74, 6) is 0. The number of aryl methyl sites for hydroxylation is 1. The highest BCUT2D eigenvalue weighted by atomic mass is 14.7. The molecule has 1 heteroatoms. The number of nitrogens with zero attached hydrogens (tertiary/aromatic N) is 1. The molecular weight excluding hydrogens is 266 g/mol. The van der Waals surface area contributed by atoms with Crippen LogP contribution < -0.4 is 0 Å². The van der Waals surface area contributed by atoms with Gasteiger partial charge in [-0.1, -0.05) is 56.7 Å². The van der Waals surface area contributed by atoms with Crippen molar-refractivity contribution in [3.8, 4) is 11.3 Å². The van der Waals surface area contributed by atoms with Crippen molar-refractivity contribution < 1.29 is 0 Å². The summed E-state index contributed by atoms with van der Waals surface area (Å²) in [5.41, 5.74) is 6.24. The van der Waals surface area contributed by atoms with Gasteiger partial charge < -0.3 is 0 Å². The van der Waals surface area contributed by atoms with Crippen LogP contribution in [-0.4, -0.2) is 4.98 Å². The third kappa shape index (κ3) is 3.36. The fourth-order valence-electron chi connectivity index (χ4n) is 2.86. The van der Waals surface area contributed by atoms with E-state index in [1.165, 1.54) is 22.1 Å². The zero-order chi connectivity index (χ0) is 15.7. The molecule has 0 fully saturated rings. The Bertz CT molecular complexity index is 809. The number of pyridine rings is 1. The lowest BCUT2D eigenvalue weighted by atomic mass is 9.88. The molecule has 1 heterocycles. The van der Waals surface area contributed by atoms with Crippen molar-refractivity contribution in [2.24, 2.45) is 5.41 Å². The number of hydrogen-bond donors (Lipinski definition) is 0. The molecule has 0 unspecified atom stereocenters. The van der Waals surface area contributed by atoms with E-state index in [-0.39, 0.29) is 0 Å². The van der Waals surface area contributed by atoms with Crippen molar-refractivity contribution >= 4 is 10.9 Å². The maximum absolute atomic E-state index is 4.82. The van der Waals surface area contributed by atoms with E-state index in [2.05, 4.69) is 82.3 Å². The van der Waals surface area contributed by atoms with Gasteiger partial charge in [-0.15, -0.1) is 0 Å². The van der Waals surface area contributed by atoms with Crippen LogP contribution in [-0.2, 0) is 6.42 Å². The molecule has 1 aromatic heterocycles. The summed E-state index contributed by atoms with van der Waals surface area (Å²) in [4.78, 5) is 4.82.